The predicted octanol–water partition coefficient (Wildman–Crippen LogP) is 3.76. The summed E-state index contributed by atoms with van der Waals surface area (Å²) in [6.45, 7) is 2.69. The number of aryl methyl sites for hydroxylation is 1. The Morgan fingerprint density at radius 3 is 2.72 bits per heavy atom. The van der Waals surface area contributed by atoms with Crippen LogP contribution >= 0.6 is 0 Å². The van der Waals surface area contributed by atoms with Crippen LogP contribution in [0.1, 0.15) is 60.0 Å². The molecule has 1 aliphatic carbocycles. The molecule has 2 N–H and O–H groups in total. The van der Waals surface area contributed by atoms with Crippen molar-refractivity contribution in [1.29, 1.82) is 0 Å². The Hall–Kier alpha value is -3.02. The molecule has 29 heavy (non-hydrogen) atoms. The van der Waals surface area contributed by atoms with E-state index in [-0.39, 0.29) is 11.8 Å². The van der Waals surface area contributed by atoms with Crippen LogP contribution in [0, 0.1) is 0 Å². The van der Waals surface area contributed by atoms with Crippen molar-refractivity contribution >= 4 is 11.8 Å². The fourth-order valence-corrected chi connectivity index (χ4v) is 3.56. The van der Waals surface area contributed by atoms with Gasteiger partial charge in [-0.2, -0.15) is 0 Å². The molecule has 1 unspecified atom stereocenters. The average molecular weight is 396 g/mol. The van der Waals surface area contributed by atoms with E-state index in [0.717, 1.165) is 37.7 Å². The topological polar surface area (TPSA) is 76.7 Å². The third kappa shape index (κ3) is 5.08. The molecule has 154 valence electrons. The quantitative estimate of drug-likeness (QED) is 0.552. The smallest absolute Gasteiger partial charge is 0.269 e. The zero-order valence-corrected chi connectivity index (χ0v) is 17.0. The maximum Gasteiger partial charge on any atom is 0.269 e. The maximum absolute atomic E-state index is 12.7. The van der Waals surface area contributed by atoms with E-state index >= 15 is 0 Å². The van der Waals surface area contributed by atoms with Gasteiger partial charge in [0.25, 0.3) is 5.91 Å². The van der Waals surface area contributed by atoms with Gasteiger partial charge in [0, 0.05) is 5.56 Å². The third-order valence-electron chi connectivity index (χ3n) is 5.17. The van der Waals surface area contributed by atoms with Gasteiger partial charge in [-0.3, -0.25) is 20.4 Å². The van der Waals surface area contributed by atoms with Crippen LogP contribution in [0.4, 0.5) is 0 Å². The molecule has 0 heterocycles. The zero-order valence-electron chi connectivity index (χ0n) is 17.0. The highest BCUT2D eigenvalue weighted by Crippen LogP contribution is 2.31. The first-order valence-electron chi connectivity index (χ1n) is 10.1. The summed E-state index contributed by atoms with van der Waals surface area (Å²) in [5.74, 6) is 0.239. The molecule has 6 nitrogen and oxygen atoms in total. The first kappa shape index (κ1) is 20.7. The summed E-state index contributed by atoms with van der Waals surface area (Å²) < 4.78 is 11.0. The molecule has 0 spiro atoms. The number of fused-ring (bicyclic) bond motifs is 1. The van der Waals surface area contributed by atoms with E-state index in [2.05, 4.69) is 23.8 Å². The van der Waals surface area contributed by atoms with Crippen LogP contribution < -0.4 is 20.3 Å². The van der Waals surface area contributed by atoms with Gasteiger partial charge in [-0.25, -0.2) is 0 Å². The van der Waals surface area contributed by atoms with Gasteiger partial charge in [0.05, 0.1) is 19.6 Å². The molecule has 2 aromatic carbocycles. The van der Waals surface area contributed by atoms with Gasteiger partial charge in [0.15, 0.2) is 11.5 Å². The molecule has 0 bridgehead atoms. The van der Waals surface area contributed by atoms with Crippen LogP contribution in [0.3, 0.4) is 0 Å². The van der Waals surface area contributed by atoms with E-state index in [9.17, 15) is 9.59 Å². The monoisotopic (exact) mass is 396 g/mol. The summed E-state index contributed by atoms with van der Waals surface area (Å²) in [5, 5.41) is 0. The predicted molar refractivity (Wildman–Crippen MR) is 111 cm³/mol. The Bertz CT molecular complexity index is 866. The molecule has 0 radical (unpaired) electrons. The van der Waals surface area contributed by atoms with E-state index in [1.54, 1.807) is 18.2 Å². The van der Waals surface area contributed by atoms with Crippen LogP contribution in [-0.2, 0) is 11.2 Å². The van der Waals surface area contributed by atoms with E-state index in [4.69, 9.17) is 9.47 Å². The molecule has 1 aliphatic rings. The number of unbranched alkanes of at least 4 members (excludes halogenated alkanes) is 1. The minimum Gasteiger partial charge on any atom is -0.493 e. The number of rotatable bonds is 7. The summed E-state index contributed by atoms with van der Waals surface area (Å²) in [6, 6.07) is 13.0. The third-order valence-corrected chi connectivity index (χ3v) is 5.17. The van der Waals surface area contributed by atoms with Crippen molar-refractivity contribution < 1.29 is 19.1 Å². The van der Waals surface area contributed by atoms with Gasteiger partial charge in [0.2, 0.25) is 5.91 Å². The molecule has 0 saturated carbocycles. The van der Waals surface area contributed by atoms with Gasteiger partial charge in [-0.15, -0.1) is 0 Å². The molecular weight excluding hydrogens is 368 g/mol. The fourth-order valence-electron chi connectivity index (χ4n) is 3.56. The molecule has 0 saturated heterocycles. The maximum atomic E-state index is 12.7. The van der Waals surface area contributed by atoms with Crippen molar-refractivity contribution in [1.82, 2.24) is 10.9 Å². The van der Waals surface area contributed by atoms with Crippen LogP contribution in [0.25, 0.3) is 0 Å². The van der Waals surface area contributed by atoms with Crippen molar-refractivity contribution in [2.45, 2.75) is 44.9 Å². The first-order chi connectivity index (χ1) is 14.1. The molecule has 6 heteroatoms. The Morgan fingerprint density at radius 2 is 1.93 bits per heavy atom. The second kappa shape index (κ2) is 9.96. The number of amides is 2. The number of benzene rings is 2. The molecule has 1 atom stereocenters. The number of nitrogens with one attached hydrogen (secondary N) is 2. The second-order valence-corrected chi connectivity index (χ2v) is 7.15. The number of ether oxygens (including phenoxy) is 2. The van der Waals surface area contributed by atoms with Crippen molar-refractivity contribution in [2.24, 2.45) is 0 Å². The first-order valence-corrected chi connectivity index (χ1v) is 10.1. The van der Waals surface area contributed by atoms with Crippen LogP contribution in [0.15, 0.2) is 42.5 Å². The highest BCUT2D eigenvalue weighted by Gasteiger charge is 2.26. The lowest BCUT2D eigenvalue weighted by molar-refractivity contribution is -0.123. The number of carbonyl (C=O) groups is 2. The number of methoxy groups -OCH3 is 1. The Morgan fingerprint density at radius 1 is 1.10 bits per heavy atom. The number of hydrazine groups is 1. The van der Waals surface area contributed by atoms with Crippen molar-refractivity contribution in [3.63, 3.8) is 0 Å². The normalized spacial score (nSPS) is 15.2. The lowest BCUT2D eigenvalue weighted by Crippen LogP contribution is -2.44. The van der Waals surface area contributed by atoms with Gasteiger partial charge in [-0.1, -0.05) is 37.6 Å². The fraction of sp³-hybridized carbons (Fsp3) is 0.391. The van der Waals surface area contributed by atoms with E-state index in [0.29, 0.717) is 23.7 Å². The summed E-state index contributed by atoms with van der Waals surface area (Å²) in [5.41, 5.74) is 7.72. The zero-order chi connectivity index (χ0) is 20.6. The van der Waals surface area contributed by atoms with Crippen molar-refractivity contribution in [3.8, 4) is 11.5 Å². The number of hydrogen-bond donors (Lipinski definition) is 2. The molecule has 0 aliphatic heterocycles. The van der Waals surface area contributed by atoms with Crippen molar-refractivity contribution in [3.05, 3.63) is 59.2 Å². The molecule has 0 fully saturated rings. The highest BCUT2D eigenvalue weighted by molar-refractivity contribution is 5.96. The van der Waals surface area contributed by atoms with Crippen LogP contribution in [0.5, 0.6) is 11.5 Å². The lowest BCUT2D eigenvalue weighted by atomic mass is 9.82. The molecule has 2 amide bonds. The SMILES string of the molecule is CCCCOc1ccc(C(=O)NNC(=O)C2CCCc3ccccc32)cc1OC. The van der Waals surface area contributed by atoms with Gasteiger partial charge >= 0.3 is 0 Å². The molecule has 0 aromatic heterocycles. The summed E-state index contributed by atoms with van der Waals surface area (Å²) in [6.07, 6.45) is 4.70. The van der Waals surface area contributed by atoms with E-state index in [1.165, 1.54) is 12.7 Å². The largest absolute Gasteiger partial charge is 0.493 e. The minimum absolute atomic E-state index is 0.197. The van der Waals surface area contributed by atoms with E-state index < -0.39 is 5.91 Å². The molecule has 3 rings (SSSR count). The second-order valence-electron chi connectivity index (χ2n) is 7.15. The molecule has 2 aromatic rings. The Balaban J connectivity index is 1.61. The number of carbonyl (C=O) groups excluding carboxylic acids is 2. The summed E-state index contributed by atoms with van der Waals surface area (Å²) >= 11 is 0. The minimum atomic E-state index is -0.402. The van der Waals surface area contributed by atoms with Gasteiger partial charge < -0.3 is 9.47 Å². The van der Waals surface area contributed by atoms with Crippen molar-refractivity contribution in [2.75, 3.05) is 13.7 Å². The van der Waals surface area contributed by atoms with Gasteiger partial charge in [0.1, 0.15) is 0 Å². The Kier molecular flexibility index (Phi) is 7.11. The standard InChI is InChI=1S/C23H28N2O4/c1-3-4-14-29-20-13-12-17(15-21(20)28-2)22(26)24-25-23(27)19-11-7-9-16-8-5-6-10-18(16)19/h5-6,8,10,12-13,15,19H,3-4,7,9,11,14H2,1-2H3,(H,24,26)(H,25,27). The summed E-state index contributed by atoms with van der Waals surface area (Å²) in [4.78, 5) is 25.1. The summed E-state index contributed by atoms with van der Waals surface area (Å²) in [7, 11) is 1.53. The van der Waals surface area contributed by atoms with E-state index in [1.807, 2.05) is 18.2 Å². The van der Waals surface area contributed by atoms with Crippen LogP contribution in [-0.4, -0.2) is 25.5 Å². The number of hydrogen-bond acceptors (Lipinski definition) is 4. The molecular formula is C23H28N2O4. The van der Waals surface area contributed by atoms with Gasteiger partial charge in [-0.05, 0) is 55.0 Å². The average Bonchev–Trinajstić information content (AvgIpc) is 2.77. The highest BCUT2D eigenvalue weighted by atomic mass is 16.5. The lowest BCUT2D eigenvalue weighted by Gasteiger charge is -2.24. The Labute approximate surface area is 171 Å². The van der Waals surface area contributed by atoms with Crippen LogP contribution in [0.2, 0.25) is 0 Å².